The summed E-state index contributed by atoms with van der Waals surface area (Å²) in [5.74, 6) is 12.3. The summed E-state index contributed by atoms with van der Waals surface area (Å²) in [6, 6.07) is 9.21. The van der Waals surface area contributed by atoms with Crippen molar-refractivity contribution in [1.29, 1.82) is 0 Å². The first-order chi connectivity index (χ1) is 17.2. The van der Waals surface area contributed by atoms with Gasteiger partial charge in [0.05, 0.1) is 0 Å². The molecular weight excluding hydrogens is 420 g/mol. The van der Waals surface area contributed by atoms with Crippen LogP contribution in [0, 0.1) is 41.4 Å². The molecule has 192 valence electrons. The Hall–Kier alpha value is -1.48. The molecule has 0 aliphatic heterocycles. The van der Waals surface area contributed by atoms with Crippen LogP contribution in [0.2, 0.25) is 0 Å². The summed E-state index contributed by atoms with van der Waals surface area (Å²) >= 11 is 0. The minimum Gasteiger partial charge on any atom is -0.0730 e. The Kier molecular flexibility index (Phi) is 10.9. The fourth-order valence-electron chi connectivity index (χ4n) is 7.49. The lowest BCUT2D eigenvalue weighted by Crippen LogP contribution is -2.25. The molecule has 0 aromatic heterocycles. The van der Waals surface area contributed by atoms with Gasteiger partial charge in [-0.2, -0.15) is 0 Å². The fourth-order valence-corrected chi connectivity index (χ4v) is 7.49. The summed E-state index contributed by atoms with van der Waals surface area (Å²) in [4.78, 5) is 0. The van der Waals surface area contributed by atoms with E-state index in [9.17, 15) is 0 Å². The third-order valence-corrected chi connectivity index (χ3v) is 10.1. The summed E-state index contributed by atoms with van der Waals surface area (Å²) in [6.07, 6.45) is 28.9. The monoisotopic (exact) mass is 472 g/mol. The number of hydrogen-bond acceptors (Lipinski definition) is 0. The maximum absolute atomic E-state index is 3.38. The molecule has 0 spiro atoms. The number of hydrogen-bond donors (Lipinski definition) is 0. The van der Waals surface area contributed by atoms with Crippen LogP contribution in [0.5, 0.6) is 0 Å². The SMILES string of the molecule is CCCCC[C@H]1CC[C@H](c2ccc(C#CC=C[C@H]3CC[C@H]([C@H]4CC[C@H](CC)CC4)CC3)cc2)CC1. The molecule has 3 aliphatic carbocycles. The molecule has 0 heteroatoms. The van der Waals surface area contributed by atoms with Gasteiger partial charge in [0.1, 0.15) is 0 Å². The average molecular weight is 473 g/mol. The lowest BCUT2D eigenvalue weighted by atomic mass is 9.69. The zero-order valence-corrected chi connectivity index (χ0v) is 22.9. The van der Waals surface area contributed by atoms with Gasteiger partial charge in [-0.15, -0.1) is 0 Å². The van der Waals surface area contributed by atoms with Gasteiger partial charge in [-0.3, -0.25) is 0 Å². The lowest BCUT2D eigenvalue weighted by Gasteiger charge is -2.37. The summed E-state index contributed by atoms with van der Waals surface area (Å²) < 4.78 is 0. The molecule has 3 fully saturated rings. The highest BCUT2D eigenvalue weighted by Crippen LogP contribution is 2.42. The van der Waals surface area contributed by atoms with Crippen LogP contribution in [0.25, 0.3) is 0 Å². The van der Waals surface area contributed by atoms with Crippen molar-refractivity contribution in [3.05, 3.63) is 47.5 Å². The van der Waals surface area contributed by atoms with E-state index < -0.39 is 0 Å². The van der Waals surface area contributed by atoms with E-state index in [-0.39, 0.29) is 0 Å². The number of benzene rings is 1. The molecule has 3 aliphatic rings. The number of rotatable bonds is 8. The maximum atomic E-state index is 3.38. The normalized spacial score (nSPS) is 31.7. The van der Waals surface area contributed by atoms with E-state index in [0.717, 1.165) is 41.1 Å². The van der Waals surface area contributed by atoms with E-state index in [0.29, 0.717) is 0 Å². The molecule has 0 radical (unpaired) electrons. The van der Waals surface area contributed by atoms with Crippen LogP contribution < -0.4 is 0 Å². The predicted octanol–water partition coefficient (Wildman–Crippen LogP) is 10.5. The lowest BCUT2D eigenvalue weighted by molar-refractivity contribution is 0.154. The Balaban J connectivity index is 1.16. The Morgan fingerprint density at radius 3 is 1.97 bits per heavy atom. The summed E-state index contributed by atoms with van der Waals surface area (Å²) in [5, 5.41) is 0. The van der Waals surface area contributed by atoms with Gasteiger partial charge in [-0.1, -0.05) is 88.8 Å². The zero-order chi connectivity index (χ0) is 24.3. The molecule has 0 bridgehead atoms. The van der Waals surface area contributed by atoms with Crippen molar-refractivity contribution in [3.8, 4) is 11.8 Å². The molecule has 35 heavy (non-hydrogen) atoms. The second-order valence-corrected chi connectivity index (χ2v) is 12.3. The zero-order valence-electron chi connectivity index (χ0n) is 22.9. The molecule has 0 N–H and O–H groups in total. The van der Waals surface area contributed by atoms with Crippen molar-refractivity contribution in [2.24, 2.45) is 29.6 Å². The second kappa shape index (κ2) is 14.3. The second-order valence-electron chi connectivity index (χ2n) is 12.3. The van der Waals surface area contributed by atoms with Crippen LogP contribution in [-0.4, -0.2) is 0 Å². The molecule has 3 saturated carbocycles. The maximum Gasteiger partial charge on any atom is 0.0249 e. The third kappa shape index (κ3) is 8.27. The molecule has 0 unspecified atom stereocenters. The van der Waals surface area contributed by atoms with E-state index in [4.69, 9.17) is 0 Å². The molecule has 1 aromatic carbocycles. The summed E-state index contributed by atoms with van der Waals surface area (Å²) in [7, 11) is 0. The predicted molar refractivity (Wildman–Crippen MR) is 152 cm³/mol. The minimum absolute atomic E-state index is 0.756. The van der Waals surface area contributed by atoms with E-state index in [1.807, 2.05) is 0 Å². The minimum atomic E-state index is 0.756. The smallest absolute Gasteiger partial charge is 0.0249 e. The molecule has 0 heterocycles. The largest absolute Gasteiger partial charge is 0.0730 e. The van der Waals surface area contributed by atoms with E-state index >= 15 is 0 Å². The van der Waals surface area contributed by atoms with Crippen LogP contribution in [0.4, 0.5) is 0 Å². The van der Waals surface area contributed by atoms with E-state index in [1.165, 1.54) is 115 Å². The summed E-state index contributed by atoms with van der Waals surface area (Å²) in [5.41, 5.74) is 2.70. The fraction of sp³-hybridized carbons (Fsp3) is 0.714. The summed E-state index contributed by atoms with van der Waals surface area (Å²) in [6.45, 7) is 4.69. The molecule has 1 aromatic rings. The van der Waals surface area contributed by atoms with Crippen molar-refractivity contribution in [2.45, 2.75) is 129 Å². The van der Waals surface area contributed by atoms with Gasteiger partial charge in [0.2, 0.25) is 0 Å². The highest BCUT2D eigenvalue weighted by molar-refractivity contribution is 5.39. The van der Waals surface area contributed by atoms with Crippen LogP contribution in [0.15, 0.2) is 36.4 Å². The van der Waals surface area contributed by atoms with Crippen LogP contribution in [0.3, 0.4) is 0 Å². The van der Waals surface area contributed by atoms with Gasteiger partial charge in [0.25, 0.3) is 0 Å². The standard InChI is InChI=1S/C35H52/c1-3-5-6-9-29-14-22-34(23-15-29)35-26-18-31(19-27-35)11-8-7-10-30-16-24-33(25-17-30)32-20-12-28(4-2)13-21-32/h7,10,18-19,26-30,32-34H,3-6,9,12-17,20-25H2,1-2H3/t28-,29-,30-,32-,33-,34-. The Labute approximate surface area is 217 Å². The van der Waals surface area contributed by atoms with E-state index in [1.54, 1.807) is 0 Å². The number of allylic oxidation sites excluding steroid dienone is 2. The molecule has 0 amide bonds. The van der Waals surface area contributed by atoms with Gasteiger partial charge < -0.3 is 0 Å². The first-order valence-electron chi connectivity index (χ1n) is 15.5. The van der Waals surface area contributed by atoms with Crippen molar-refractivity contribution in [2.75, 3.05) is 0 Å². The van der Waals surface area contributed by atoms with Gasteiger partial charge in [-0.25, -0.2) is 0 Å². The molecule has 0 saturated heterocycles. The molecule has 0 nitrogen and oxygen atoms in total. The Bertz CT molecular complexity index is 794. The first kappa shape index (κ1) is 26.6. The average Bonchev–Trinajstić information content (AvgIpc) is 2.92. The van der Waals surface area contributed by atoms with Crippen LogP contribution in [-0.2, 0) is 0 Å². The van der Waals surface area contributed by atoms with Crippen molar-refractivity contribution < 1.29 is 0 Å². The third-order valence-electron chi connectivity index (χ3n) is 10.1. The number of unbranched alkanes of at least 4 members (excludes halogenated alkanes) is 2. The van der Waals surface area contributed by atoms with Crippen LogP contribution >= 0.6 is 0 Å². The first-order valence-corrected chi connectivity index (χ1v) is 15.5. The molecular formula is C35H52. The van der Waals surface area contributed by atoms with Crippen molar-refractivity contribution in [3.63, 3.8) is 0 Å². The quantitative estimate of drug-likeness (QED) is 0.261. The Morgan fingerprint density at radius 2 is 1.34 bits per heavy atom. The topological polar surface area (TPSA) is 0 Å². The van der Waals surface area contributed by atoms with Crippen LogP contribution in [0.1, 0.15) is 140 Å². The van der Waals surface area contributed by atoms with Crippen molar-refractivity contribution in [1.82, 2.24) is 0 Å². The van der Waals surface area contributed by atoms with Gasteiger partial charge >= 0.3 is 0 Å². The van der Waals surface area contributed by atoms with Gasteiger partial charge in [-0.05, 0) is 123 Å². The van der Waals surface area contributed by atoms with Crippen molar-refractivity contribution >= 4 is 0 Å². The van der Waals surface area contributed by atoms with E-state index in [2.05, 4.69) is 62.1 Å². The highest BCUT2D eigenvalue weighted by Gasteiger charge is 2.29. The highest BCUT2D eigenvalue weighted by atomic mass is 14.3. The van der Waals surface area contributed by atoms with Gasteiger partial charge in [0.15, 0.2) is 0 Å². The Morgan fingerprint density at radius 1 is 0.714 bits per heavy atom. The molecule has 4 rings (SSSR count). The molecule has 0 atom stereocenters. The van der Waals surface area contributed by atoms with Gasteiger partial charge in [0, 0.05) is 5.56 Å².